The van der Waals surface area contributed by atoms with Crippen LogP contribution >= 0.6 is 0 Å². The van der Waals surface area contributed by atoms with Crippen molar-refractivity contribution in [1.82, 2.24) is 14.1 Å². The maximum absolute atomic E-state index is 12.4. The van der Waals surface area contributed by atoms with Crippen LogP contribution in [-0.2, 0) is 6.54 Å². The number of hydrogen-bond acceptors (Lipinski definition) is 2. The molecule has 2 heterocycles. The number of imidazole rings is 1. The van der Waals surface area contributed by atoms with E-state index in [0.717, 1.165) is 35.0 Å². The summed E-state index contributed by atoms with van der Waals surface area (Å²) in [5, 5.41) is 1.12. The molecule has 4 nitrogen and oxygen atoms in total. The van der Waals surface area contributed by atoms with Gasteiger partial charge in [0.25, 0.3) is 0 Å². The van der Waals surface area contributed by atoms with Crippen LogP contribution in [0.3, 0.4) is 0 Å². The highest BCUT2D eigenvalue weighted by Gasteiger charge is 2.25. The summed E-state index contributed by atoms with van der Waals surface area (Å²) in [6.45, 7) is 2.59. The van der Waals surface area contributed by atoms with Crippen LogP contribution < -0.4 is 5.69 Å². The molecule has 0 unspecified atom stereocenters. The number of rotatable bonds is 3. The third-order valence-corrected chi connectivity index (χ3v) is 4.08. The molecule has 0 spiro atoms. The number of benzene rings is 1. The van der Waals surface area contributed by atoms with Crippen molar-refractivity contribution in [3.8, 4) is 0 Å². The Morgan fingerprint density at radius 1 is 1.24 bits per heavy atom. The Kier molecular flexibility index (Phi) is 2.70. The second-order valence-electron chi connectivity index (χ2n) is 5.79. The summed E-state index contributed by atoms with van der Waals surface area (Å²) in [6.07, 6.45) is 6.06. The maximum Gasteiger partial charge on any atom is 0.328 e. The Labute approximate surface area is 122 Å². The van der Waals surface area contributed by atoms with Gasteiger partial charge in [0, 0.05) is 29.5 Å². The first-order valence-corrected chi connectivity index (χ1v) is 7.35. The molecule has 21 heavy (non-hydrogen) atoms. The molecular formula is C17H17N3O. The molecule has 1 aliphatic rings. The first-order valence-electron chi connectivity index (χ1n) is 7.35. The van der Waals surface area contributed by atoms with Gasteiger partial charge in [-0.15, -0.1) is 0 Å². The molecule has 0 radical (unpaired) electrons. The van der Waals surface area contributed by atoms with Crippen molar-refractivity contribution in [1.29, 1.82) is 0 Å². The Hall–Kier alpha value is -2.36. The van der Waals surface area contributed by atoms with E-state index in [4.69, 9.17) is 0 Å². The van der Waals surface area contributed by atoms with E-state index in [9.17, 15) is 4.79 Å². The zero-order chi connectivity index (χ0) is 14.4. The Morgan fingerprint density at radius 3 is 2.86 bits per heavy atom. The summed E-state index contributed by atoms with van der Waals surface area (Å²) in [4.78, 5) is 16.9. The summed E-state index contributed by atoms with van der Waals surface area (Å²) >= 11 is 0. The lowest BCUT2D eigenvalue weighted by atomic mass is 10.1. The highest BCUT2D eigenvalue weighted by atomic mass is 16.1. The summed E-state index contributed by atoms with van der Waals surface area (Å²) in [5.41, 5.74) is 3.21. The van der Waals surface area contributed by atoms with Crippen molar-refractivity contribution in [3.05, 3.63) is 64.5 Å². The van der Waals surface area contributed by atoms with Crippen LogP contribution in [0.15, 0.2) is 47.5 Å². The molecule has 106 valence electrons. The van der Waals surface area contributed by atoms with Crippen LogP contribution in [0.4, 0.5) is 0 Å². The molecule has 1 aromatic carbocycles. The number of aromatic nitrogens is 3. The Morgan fingerprint density at radius 2 is 2.05 bits per heavy atom. The van der Waals surface area contributed by atoms with E-state index in [1.165, 1.54) is 0 Å². The van der Waals surface area contributed by atoms with Crippen molar-refractivity contribution in [2.75, 3.05) is 0 Å². The van der Waals surface area contributed by atoms with E-state index in [2.05, 4.69) is 17.1 Å². The summed E-state index contributed by atoms with van der Waals surface area (Å²) in [7, 11) is 0. The van der Waals surface area contributed by atoms with E-state index in [1.54, 1.807) is 4.57 Å². The van der Waals surface area contributed by atoms with Crippen molar-refractivity contribution in [3.63, 3.8) is 0 Å². The van der Waals surface area contributed by atoms with E-state index in [1.807, 2.05) is 42.1 Å². The van der Waals surface area contributed by atoms with Crippen LogP contribution in [-0.4, -0.2) is 14.1 Å². The summed E-state index contributed by atoms with van der Waals surface area (Å²) in [5.74, 6) is 0. The smallest absolute Gasteiger partial charge is 0.296 e. The van der Waals surface area contributed by atoms with Gasteiger partial charge in [-0.2, -0.15) is 0 Å². The van der Waals surface area contributed by atoms with Crippen LogP contribution in [0.5, 0.6) is 0 Å². The van der Waals surface area contributed by atoms with E-state index < -0.39 is 0 Å². The molecule has 1 saturated carbocycles. The van der Waals surface area contributed by atoms with Crippen molar-refractivity contribution in [2.45, 2.75) is 32.4 Å². The summed E-state index contributed by atoms with van der Waals surface area (Å²) in [6, 6.07) is 10.6. The SMILES string of the molecule is Cc1cc(Cn2ccn(C3CC3)c2=O)c2ccccc2n1. The predicted octanol–water partition coefficient (Wildman–Crippen LogP) is 2.89. The molecule has 3 aromatic rings. The minimum Gasteiger partial charge on any atom is -0.296 e. The lowest BCUT2D eigenvalue weighted by molar-refractivity contribution is 0.657. The monoisotopic (exact) mass is 279 g/mol. The van der Waals surface area contributed by atoms with Gasteiger partial charge < -0.3 is 0 Å². The van der Waals surface area contributed by atoms with Gasteiger partial charge in [-0.25, -0.2) is 4.79 Å². The highest BCUT2D eigenvalue weighted by Crippen LogP contribution is 2.33. The Bertz CT molecular complexity index is 871. The minimum atomic E-state index is 0.0936. The molecule has 0 bridgehead atoms. The maximum atomic E-state index is 12.4. The molecule has 0 aliphatic heterocycles. The van der Waals surface area contributed by atoms with Gasteiger partial charge in [0.1, 0.15) is 0 Å². The molecule has 1 aliphatic carbocycles. The van der Waals surface area contributed by atoms with Gasteiger partial charge in [-0.05, 0) is 37.5 Å². The van der Waals surface area contributed by atoms with E-state index in [-0.39, 0.29) is 5.69 Å². The van der Waals surface area contributed by atoms with Gasteiger partial charge >= 0.3 is 5.69 Å². The van der Waals surface area contributed by atoms with E-state index in [0.29, 0.717) is 12.6 Å². The standard InChI is InChI=1S/C17H17N3O/c1-12-10-13(15-4-2-3-5-16(15)18-12)11-19-8-9-20(17(19)21)14-6-7-14/h2-5,8-10,14H,6-7,11H2,1H3. The molecule has 2 aromatic heterocycles. The number of nitrogens with zero attached hydrogens (tertiary/aromatic N) is 3. The van der Waals surface area contributed by atoms with Crippen LogP contribution in [0, 0.1) is 6.92 Å². The lowest BCUT2D eigenvalue weighted by Gasteiger charge is -2.08. The first-order chi connectivity index (χ1) is 10.2. The summed E-state index contributed by atoms with van der Waals surface area (Å²) < 4.78 is 3.65. The van der Waals surface area contributed by atoms with Crippen LogP contribution in [0.2, 0.25) is 0 Å². The second kappa shape index (κ2) is 4.58. The van der Waals surface area contributed by atoms with Crippen LogP contribution in [0.25, 0.3) is 10.9 Å². The molecule has 1 fully saturated rings. The predicted molar refractivity (Wildman–Crippen MR) is 82.5 cm³/mol. The zero-order valence-electron chi connectivity index (χ0n) is 12.0. The first kappa shape index (κ1) is 12.4. The van der Waals surface area contributed by atoms with Crippen molar-refractivity contribution in [2.24, 2.45) is 0 Å². The van der Waals surface area contributed by atoms with Gasteiger partial charge in [0.15, 0.2) is 0 Å². The fraction of sp³-hybridized carbons (Fsp3) is 0.294. The number of hydrogen-bond donors (Lipinski definition) is 0. The van der Waals surface area contributed by atoms with Crippen molar-refractivity contribution < 1.29 is 0 Å². The third-order valence-electron chi connectivity index (χ3n) is 4.08. The Balaban J connectivity index is 1.79. The van der Waals surface area contributed by atoms with Crippen LogP contribution in [0.1, 0.15) is 30.1 Å². The lowest BCUT2D eigenvalue weighted by Crippen LogP contribution is -2.23. The number of aryl methyl sites for hydroxylation is 1. The van der Waals surface area contributed by atoms with E-state index >= 15 is 0 Å². The fourth-order valence-electron chi connectivity index (χ4n) is 2.89. The molecular weight excluding hydrogens is 262 g/mol. The topological polar surface area (TPSA) is 39.8 Å². The molecule has 0 amide bonds. The molecule has 0 N–H and O–H groups in total. The van der Waals surface area contributed by atoms with Gasteiger partial charge in [0.2, 0.25) is 0 Å². The quantitative estimate of drug-likeness (QED) is 0.739. The highest BCUT2D eigenvalue weighted by molar-refractivity contribution is 5.82. The number of fused-ring (bicyclic) bond motifs is 1. The molecule has 4 rings (SSSR count). The van der Waals surface area contributed by atoms with Gasteiger partial charge in [-0.3, -0.25) is 14.1 Å². The van der Waals surface area contributed by atoms with Gasteiger partial charge in [-0.1, -0.05) is 18.2 Å². The fourth-order valence-corrected chi connectivity index (χ4v) is 2.89. The third kappa shape index (κ3) is 2.17. The normalized spacial score (nSPS) is 14.7. The molecule has 0 atom stereocenters. The average molecular weight is 279 g/mol. The molecule has 0 saturated heterocycles. The zero-order valence-corrected chi connectivity index (χ0v) is 12.0. The molecule has 4 heteroatoms. The number of para-hydroxylation sites is 1. The van der Waals surface area contributed by atoms with Crippen molar-refractivity contribution >= 4 is 10.9 Å². The largest absolute Gasteiger partial charge is 0.328 e. The minimum absolute atomic E-state index is 0.0936. The average Bonchev–Trinajstić information content (AvgIpc) is 3.25. The van der Waals surface area contributed by atoms with Gasteiger partial charge in [0.05, 0.1) is 12.1 Å². The number of pyridine rings is 1. The second-order valence-corrected chi connectivity index (χ2v) is 5.79.